The number of nitrogens with zero attached hydrogens (tertiary/aromatic N) is 2. The zero-order valence-electron chi connectivity index (χ0n) is 13.3. The number of aromatic nitrogens is 2. The number of anilines is 1. The average Bonchev–Trinajstić information content (AvgIpc) is 3.09. The number of rotatable bonds is 4. The summed E-state index contributed by atoms with van der Waals surface area (Å²) in [5.41, 5.74) is 1.98. The largest absolute Gasteiger partial charge is 0.324 e. The summed E-state index contributed by atoms with van der Waals surface area (Å²) in [6.07, 6.45) is 0. The summed E-state index contributed by atoms with van der Waals surface area (Å²) in [5, 5.41) is 3.25. The maximum absolute atomic E-state index is 14.4. The summed E-state index contributed by atoms with van der Waals surface area (Å²) in [4.78, 5) is 14.7. The van der Waals surface area contributed by atoms with Gasteiger partial charge in [-0.05, 0) is 54.4 Å². The predicted octanol–water partition coefficient (Wildman–Crippen LogP) is 5.72. The highest BCUT2D eigenvalue weighted by molar-refractivity contribution is 7.09. The molecule has 1 aromatic heterocycles. The Labute approximate surface area is 168 Å². The summed E-state index contributed by atoms with van der Waals surface area (Å²) >= 11 is 18.2. The molecule has 0 spiro atoms. The van der Waals surface area contributed by atoms with Crippen LogP contribution >= 0.6 is 46.3 Å². The lowest BCUT2D eigenvalue weighted by atomic mass is 10.1. The molecule has 0 fully saturated rings. The maximum Gasteiger partial charge on any atom is 0.257 e. The van der Waals surface area contributed by atoms with Crippen molar-refractivity contribution in [3.05, 3.63) is 52.8 Å². The Bertz CT molecular complexity index is 960. The number of carbonyl (C=O) groups is 1. The van der Waals surface area contributed by atoms with E-state index in [2.05, 4.69) is 14.7 Å². The van der Waals surface area contributed by atoms with Gasteiger partial charge in [-0.1, -0.05) is 40.9 Å². The normalized spacial score (nSPS) is 11.0. The van der Waals surface area contributed by atoms with Crippen LogP contribution in [-0.4, -0.2) is 20.1 Å². The molecule has 1 N–H and O–H groups in total. The Kier molecular flexibility index (Phi) is 5.77. The number of hydrogen-bond donors (Lipinski definition) is 1. The van der Waals surface area contributed by atoms with E-state index in [4.69, 9.17) is 34.8 Å². The molecule has 3 rings (SSSR count). The van der Waals surface area contributed by atoms with Crippen molar-refractivity contribution in [1.82, 2.24) is 9.36 Å². The maximum atomic E-state index is 14.4. The fourth-order valence-corrected chi connectivity index (χ4v) is 3.33. The van der Waals surface area contributed by atoms with Crippen molar-refractivity contribution in [2.24, 2.45) is 0 Å². The van der Waals surface area contributed by atoms with E-state index in [1.54, 1.807) is 43.3 Å². The minimum absolute atomic E-state index is 0.245. The van der Waals surface area contributed by atoms with Crippen LogP contribution in [0.15, 0.2) is 36.4 Å². The zero-order valence-corrected chi connectivity index (χ0v) is 16.3. The molecule has 0 unspecified atom stereocenters. The Hall–Kier alpha value is -1.73. The minimum atomic E-state index is -1.15. The van der Waals surface area contributed by atoms with Gasteiger partial charge in [-0.3, -0.25) is 4.79 Å². The number of amides is 1. The first-order valence-electron chi connectivity index (χ1n) is 7.35. The first-order chi connectivity index (χ1) is 12.4. The van der Waals surface area contributed by atoms with Crippen molar-refractivity contribution in [3.8, 4) is 22.0 Å². The topological polar surface area (TPSA) is 54.9 Å². The fourth-order valence-electron chi connectivity index (χ4n) is 2.19. The smallest absolute Gasteiger partial charge is 0.257 e. The number of halogens is 4. The molecule has 1 amide bonds. The van der Waals surface area contributed by atoms with Crippen molar-refractivity contribution >= 4 is 57.9 Å². The number of carbonyl (C=O) groups excluding carboxylic acids is 1. The van der Waals surface area contributed by atoms with E-state index < -0.39 is 16.6 Å². The quantitative estimate of drug-likeness (QED) is 0.539. The molecule has 2 aromatic carbocycles. The van der Waals surface area contributed by atoms with Crippen LogP contribution < -0.4 is 5.32 Å². The molecule has 4 nitrogen and oxygen atoms in total. The highest BCUT2D eigenvalue weighted by Crippen LogP contribution is 2.34. The Morgan fingerprint density at radius 3 is 2.54 bits per heavy atom. The van der Waals surface area contributed by atoms with Crippen molar-refractivity contribution < 1.29 is 9.18 Å². The van der Waals surface area contributed by atoms with E-state index in [0.29, 0.717) is 27.6 Å². The lowest BCUT2D eigenvalue weighted by Gasteiger charge is -2.06. The first-order valence-corrected chi connectivity index (χ1v) is 9.37. The molecule has 0 aliphatic carbocycles. The van der Waals surface area contributed by atoms with Crippen LogP contribution in [0, 0.1) is 12.7 Å². The molecule has 3 aromatic rings. The Balaban J connectivity index is 1.87. The Morgan fingerprint density at radius 2 is 1.88 bits per heavy atom. The zero-order chi connectivity index (χ0) is 18.8. The van der Waals surface area contributed by atoms with Gasteiger partial charge in [0.15, 0.2) is 10.7 Å². The molecule has 0 atom stereocenters. The standard InChI is InChI=1S/C17H11Cl3FN3OS/c1-8-2-7-11(18)12(13(8)21)17-23-15(24-26-17)9-3-5-10(6-4-9)22-16(25)14(19)20/h2-7,14H,1H3,(H,22,25). The average molecular weight is 431 g/mol. The van der Waals surface area contributed by atoms with Gasteiger partial charge in [0.25, 0.3) is 5.91 Å². The molecule has 0 saturated heterocycles. The van der Waals surface area contributed by atoms with Crippen LogP contribution in [0.25, 0.3) is 22.0 Å². The third-order valence-electron chi connectivity index (χ3n) is 3.53. The summed E-state index contributed by atoms with van der Waals surface area (Å²) < 4.78 is 18.7. The minimum Gasteiger partial charge on any atom is -0.324 e. The second-order valence-corrected chi connectivity index (χ2v) is 7.60. The van der Waals surface area contributed by atoms with Crippen LogP contribution in [0.3, 0.4) is 0 Å². The highest BCUT2D eigenvalue weighted by atomic mass is 35.5. The van der Waals surface area contributed by atoms with Gasteiger partial charge in [0.2, 0.25) is 0 Å². The monoisotopic (exact) mass is 429 g/mol. The van der Waals surface area contributed by atoms with Crippen molar-refractivity contribution in [2.45, 2.75) is 11.8 Å². The van der Waals surface area contributed by atoms with Gasteiger partial charge in [-0.15, -0.1) is 0 Å². The third kappa shape index (κ3) is 3.99. The molecule has 0 saturated carbocycles. The van der Waals surface area contributed by atoms with E-state index in [0.717, 1.165) is 11.5 Å². The number of aryl methyl sites for hydroxylation is 1. The molecule has 9 heteroatoms. The van der Waals surface area contributed by atoms with Crippen molar-refractivity contribution in [2.75, 3.05) is 5.32 Å². The fraction of sp³-hybridized carbons (Fsp3) is 0.118. The number of benzene rings is 2. The van der Waals surface area contributed by atoms with Gasteiger partial charge < -0.3 is 5.32 Å². The van der Waals surface area contributed by atoms with Crippen LogP contribution in [0.2, 0.25) is 5.02 Å². The van der Waals surface area contributed by atoms with E-state index in [1.807, 2.05) is 0 Å². The molecule has 0 aliphatic rings. The molecule has 0 bridgehead atoms. The summed E-state index contributed by atoms with van der Waals surface area (Å²) in [7, 11) is 0. The van der Waals surface area contributed by atoms with Crippen LogP contribution in [-0.2, 0) is 4.79 Å². The van der Waals surface area contributed by atoms with Gasteiger partial charge >= 0.3 is 0 Å². The van der Waals surface area contributed by atoms with Gasteiger partial charge in [0.05, 0.1) is 10.6 Å². The van der Waals surface area contributed by atoms with E-state index in [-0.39, 0.29) is 10.6 Å². The lowest BCUT2D eigenvalue weighted by molar-refractivity contribution is -0.114. The van der Waals surface area contributed by atoms with Crippen LogP contribution in [0.5, 0.6) is 0 Å². The molecule has 0 aliphatic heterocycles. The Morgan fingerprint density at radius 1 is 1.19 bits per heavy atom. The van der Waals surface area contributed by atoms with Crippen molar-refractivity contribution in [1.29, 1.82) is 0 Å². The number of hydrogen-bond acceptors (Lipinski definition) is 4. The van der Waals surface area contributed by atoms with Crippen LogP contribution in [0.4, 0.5) is 10.1 Å². The highest BCUT2D eigenvalue weighted by Gasteiger charge is 2.17. The SMILES string of the molecule is Cc1ccc(Cl)c(-c2nc(-c3ccc(NC(=O)C(Cl)Cl)cc3)ns2)c1F. The van der Waals surface area contributed by atoms with E-state index >= 15 is 0 Å². The predicted molar refractivity (Wildman–Crippen MR) is 105 cm³/mol. The number of alkyl halides is 2. The second kappa shape index (κ2) is 7.88. The second-order valence-electron chi connectivity index (χ2n) is 5.34. The molecular formula is C17H11Cl3FN3OS. The summed E-state index contributed by atoms with van der Waals surface area (Å²) in [6, 6.07) is 10.0. The van der Waals surface area contributed by atoms with Gasteiger partial charge in [0, 0.05) is 11.3 Å². The lowest BCUT2D eigenvalue weighted by Crippen LogP contribution is -2.18. The number of nitrogens with one attached hydrogen (secondary N) is 1. The third-order valence-corrected chi connectivity index (χ3v) is 4.98. The van der Waals surface area contributed by atoms with Crippen molar-refractivity contribution in [3.63, 3.8) is 0 Å². The first kappa shape index (κ1) is 19.0. The van der Waals surface area contributed by atoms with Gasteiger partial charge in [0.1, 0.15) is 10.8 Å². The molecule has 26 heavy (non-hydrogen) atoms. The van der Waals surface area contributed by atoms with Gasteiger partial charge in [-0.25, -0.2) is 9.37 Å². The molecule has 1 heterocycles. The molecular weight excluding hydrogens is 420 g/mol. The van der Waals surface area contributed by atoms with Crippen LogP contribution in [0.1, 0.15) is 5.56 Å². The molecule has 0 radical (unpaired) electrons. The molecule has 134 valence electrons. The van der Waals surface area contributed by atoms with E-state index in [1.165, 1.54) is 0 Å². The summed E-state index contributed by atoms with van der Waals surface area (Å²) in [6.45, 7) is 1.66. The van der Waals surface area contributed by atoms with Gasteiger partial charge in [-0.2, -0.15) is 4.37 Å². The summed E-state index contributed by atoms with van der Waals surface area (Å²) in [5.74, 6) is -0.484. The van der Waals surface area contributed by atoms with E-state index in [9.17, 15) is 9.18 Å².